The topological polar surface area (TPSA) is 69.7 Å². The molecule has 1 fully saturated rings. The van der Waals surface area contributed by atoms with Gasteiger partial charge >= 0.3 is 0 Å². The molecule has 1 saturated heterocycles. The summed E-state index contributed by atoms with van der Waals surface area (Å²) in [5.41, 5.74) is 2.46. The van der Waals surface area contributed by atoms with Crippen molar-refractivity contribution in [1.29, 1.82) is 0 Å². The summed E-state index contributed by atoms with van der Waals surface area (Å²) in [6.07, 6.45) is 4.17. The fourth-order valence-corrected chi connectivity index (χ4v) is 5.16. The van der Waals surface area contributed by atoms with Crippen LogP contribution < -0.4 is 10.2 Å². The van der Waals surface area contributed by atoms with E-state index in [1.807, 2.05) is 60.4 Å². The van der Waals surface area contributed by atoms with Crippen LogP contribution in [0.2, 0.25) is 0 Å². The van der Waals surface area contributed by atoms with E-state index in [2.05, 4.69) is 5.32 Å². The number of hydrogen-bond acceptors (Lipinski definition) is 4. The number of hydrogen-bond donors (Lipinski definition) is 1. The van der Waals surface area contributed by atoms with Crippen molar-refractivity contribution in [3.63, 3.8) is 0 Å². The number of carbonyl (C=O) groups is 3. The molecule has 4 rings (SSSR count). The highest BCUT2D eigenvalue weighted by molar-refractivity contribution is 8.01. The number of carbonyl (C=O) groups excluding carboxylic acids is 3. The Balaban J connectivity index is 1.54. The quantitative estimate of drug-likeness (QED) is 0.738. The molecule has 2 heterocycles. The Morgan fingerprint density at radius 1 is 1.00 bits per heavy atom. The van der Waals surface area contributed by atoms with E-state index in [0.717, 1.165) is 36.1 Å². The van der Waals surface area contributed by atoms with Gasteiger partial charge in [-0.25, -0.2) is 0 Å². The van der Waals surface area contributed by atoms with Crippen LogP contribution in [0.25, 0.3) is 0 Å². The van der Waals surface area contributed by atoms with E-state index >= 15 is 0 Å². The number of para-hydroxylation sites is 1. The third-order valence-corrected chi connectivity index (χ3v) is 6.91. The van der Waals surface area contributed by atoms with E-state index in [9.17, 15) is 14.4 Å². The summed E-state index contributed by atoms with van der Waals surface area (Å²) < 4.78 is 0. The molecule has 0 radical (unpaired) electrons. The van der Waals surface area contributed by atoms with Crippen molar-refractivity contribution < 1.29 is 14.4 Å². The largest absolute Gasteiger partial charge is 0.341 e. The smallest absolute Gasteiger partial charge is 0.250 e. The van der Waals surface area contributed by atoms with E-state index in [-0.39, 0.29) is 24.3 Å². The summed E-state index contributed by atoms with van der Waals surface area (Å²) in [5.74, 6) is -0.757. The van der Waals surface area contributed by atoms with Gasteiger partial charge in [0.2, 0.25) is 11.8 Å². The SMILES string of the molecule is Cc1ccc(NC(=O)CN2C(=O)C(C(=O)N3CCCCCC3)Sc3ccccc32)cc1. The van der Waals surface area contributed by atoms with Gasteiger partial charge in [0.1, 0.15) is 6.54 Å². The minimum Gasteiger partial charge on any atom is -0.341 e. The van der Waals surface area contributed by atoms with Gasteiger partial charge in [-0.1, -0.05) is 42.7 Å². The number of anilines is 2. The summed E-state index contributed by atoms with van der Waals surface area (Å²) in [6, 6.07) is 15.0. The van der Waals surface area contributed by atoms with Crippen LogP contribution in [-0.2, 0) is 14.4 Å². The number of likely N-dealkylation sites (tertiary alicyclic amines) is 1. The van der Waals surface area contributed by atoms with E-state index in [1.54, 1.807) is 0 Å². The molecule has 6 nitrogen and oxygen atoms in total. The van der Waals surface area contributed by atoms with Crippen LogP contribution in [0.1, 0.15) is 31.2 Å². The summed E-state index contributed by atoms with van der Waals surface area (Å²) in [4.78, 5) is 43.5. The predicted molar refractivity (Wildman–Crippen MR) is 123 cm³/mol. The van der Waals surface area contributed by atoms with Gasteiger partial charge in [-0.15, -0.1) is 11.8 Å². The van der Waals surface area contributed by atoms with E-state index < -0.39 is 5.25 Å². The molecule has 162 valence electrons. The number of benzene rings is 2. The lowest BCUT2D eigenvalue weighted by Gasteiger charge is -2.34. The number of nitrogens with zero attached hydrogens (tertiary/aromatic N) is 2. The second-order valence-corrected chi connectivity index (χ2v) is 9.19. The van der Waals surface area contributed by atoms with Crippen LogP contribution in [0, 0.1) is 6.92 Å². The van der Waals surface area contributed by atoms with Crippen LogP contribution >= 0.6 is 11.8 Å². The molecule has 2 aliphatic rings. The van der Waals surface area contributed by atoms with Gasteiger partial charge in [-0.3, -0.25) is 14.4 Å². The molecule has 1 unspecified atom stereocenters. The fraction of sp³-hybridized carbons (Fsp3) is 0.375. The maximum Gasteiger partial charge on any atom is 0.250 e. The van der Waals surface area contributed by atoms with Crippen molar-refractivity contribution in [2.24, 2.45) is 0 Å². The van der Waals surface area contributed by atoms with Crippen molar-refractivity contribution in [3.05, 3.63) is 54.1 Å². The Hall–Kier alpha value is -2.80. The predicted octanol–water partition coefficient (Wildman–Crippen LogP) is 3.84. The van der Waals surface area contributed by atoms with Gasteiger partial charge in [-0.2, -0.15) is 0 Å². The molecule has 1 atom stereocenters. The molecule has 2 aromatic rings. The van der Waals surface area contributed by atoms with Gasteiger partial charge in [0.05, 0.1) is 5.69 Å². The lowest BCUT2D eigenvalue weighted by molar-refractivity contribution is -0.135. The molecule has 3 amide bonds. The van der Waals surface area contributed by atoms with E-state index in [1.165, 1.54) is 16.7 Å². The number of thioether (sulfide) groups is 1. The van der Waals surface area contributed by atoms with E-state index in [0.29, 0.717) is 24.5 Å². The van der Waals surface area contributed by atoms with Gasteiger partial charge in [-0.05, 0) is 44.0 Å². The summed E-state index contributed by atoms with van der Waals surface area (Å²) in [6.45, 7) is 3.24. The van der Waals surface area contributed by atoms with E-state index in [4.69, 9.17) is 0 Å². The first-order valence-corrected chi connectivity index (χ1v) is 11.6. The monoisotopic (exact) mass is 437 g/mol. The highest BCUT2D eigenvalue weighted by atomic mass is 32.2. The number of amides is 3. The molecule has 2 aliphatic heterocycles. The van der Waals surface area contributed by atoms with Gasteiger partial charge in [0.15, 0.2) is 5.25 Å². The Morgan fingerprint density at radius 3 is 2.39 bits per heavy atom. The van der Waals surface area contributed by atoms with Crippen LogP contribution in [0.15, 0.2) is 53.4 Å². The Labute approximate surface area is 187 Å². The average molecular weight is 438 g/mol. The van der Waals surface area contributed by atoms with Gasteiger partial charge in [0.25, 0.3) is 5.91 Å². The van der Waals surface area contributed by atoms with Gasteiger partial charge < -0.3 is 15.1 Å². The van der Waals surface area contributed by atoms with Gasteiger partial charge in [0, 0.05) is 23.7 Å². The molecular formula is C24H27N3O3S. The third kappa shape index (κ3) is 4.93. The summed E-state index contributed by atoms with van der Waals surface area (Å²) in [7, 11) is 0. The Kier molecular flexibility index (Phi) is 6.61. The standard InChI is InChI=1S/C24H27N3O3S/c1-17-10-12-18(13-11-17)25-21(28)16-27-19-8-4-5-9-20(19)31-22(24(27)30)23(29)26-14-6-2-3-7-15-26/h4-5,8-13,22H,2-3,6-7,14-16H2,1H3,(H,25,28). The minimum absolute atomic E-state index is 0.131. The van der Waals surface area contributed by atoms with Crippen LogP contribution in [-0.4, -0.2) is 47.5 Å². The first-order chi connectivity index (χ1) is 15.0. The van der Waals surface area contributed by atoms with Crippen molar-refractivity contribution >= 4 is 40.9 Å². The second kappa shape index (κ2) is 9.56. The highest BCUT2D eigenvalue weighted by Gasteiger charge is 2.40. The molecule has 0 saturated carbocycles. The first-order valence-electron chi connectivity index (χ1n) is 10.8. The summed E-state index contributed by atoms with van der Waals surface area (Å²) in [5, 5.41) is 2.00. The average Bonchev–Trinajstić information content (AvgIpc) is 3.06. The molecule has 31 heavy (non-hydrogen) atoms. The number of fused-ring (bicyclic) bond motifs is 1. The maximum atomic E-state index is 13.4. The van der Waals surface area contributed by atoms with Crippen LogP contribution in [0.3, 0.4) is 0 Å². The van der Waals surface area contributed by atoms with Crippen molar-refractivity contribution in [1.82, 2.24) is 4.90 Å². The van der Waals surface area contributed by atoms with Crippen LogP contribution in [0.4, 0.5) is 11.4 Å². The lowest BCUT2D eigenvalue weighted by atomic mass is 10.2. The number of nitrogens with one attached hydrogen (secondary N) is 1. The zero-order chi connectivity index (χ0) is 21.8. The molecular weight excluding hydrogens is 410 g/mol. The molecule has 2 aromatic carbocycles. The molecule has 1 N–H and O–H groups in total. The highest BCUT2D eigenvalue weighted by Crippen LogP contribution is 2.39. The normalized spacial score (nSPS) is 18.9. The molecule has 0 aliphatic carbocycles. The van der Waals surface area contributed by atoms with Crippen LogP contribution in [0.5, 0.6) is 0 Å². The number of rotatable bonds is 4. The summed E-state index contributed by atoms with van der Waals surface area (Å²) >= 11 is 1.30. The second-order valence-electron chi connectivity index (χ2n) is 8.04. The minimum atomic E-state index is -0.847. The molecule has 0 bridgehead atoms. The van der Waals surface area contributed by atoms with Crippen molar-refractivity contribution in [2.75, 3.05) is 29.9 Å². The zero-order valence-electron chi connectivity index (χ0n) is 17.7. The third-order valence-electron chi connectivity index (χ3n) is 5.67. The zero-order valence-corrected chi connectivity index (χ0v) is 18.5. The lowest BCUT2D eigenvalue weighted by Crippen LogP contribution is -2.51. The first kappa shape index (κ1) is 21.4. The molecule has 0 spiro atoms. The molecule has 7 heteroatoms. The Bertz CT molecular complexity index is 968. The van der Waals surface area contributed by atoms with Crippen molar-refractivity contribution in [3.8, 4) is 0 Å². The van der Waals surface area contributed by atoms with Crippen molar-refractivity contribution in [2.45, 2.75) is 42.8 Å². The fourth-order valence-electron chi connectivity index (χ4n) is 3.97. The Morgan fingerprint density at radius 2 is 1.68 bits per heavy atom. The molecule has 0 aromatic heterocycles. The number of aryl methyl sites for hydroxylation is 1. The maximum absolute atomic E-state index is 13.4.